The Kier molecular flexibility index (Phi) is 12.5. The van der Waals surface area contributed by atoms with Gasteiger partial charge < -0.3 is 4.90 Å². The maximum atomic E-state index is 2.28. The zero-order chi connectivity index (χ0) is 13.1. The molecule has 2 heteroatoms. The Hall–Kier alpha value is -0.340. The van der Waals surface area contributed by atoms with E-state index in [4.69, 9.17) is 0 Å². The monoisotopic (exact) mass is 327 g/mol. The predicted octanol–water partition coefficient (Wildman–Crippen LogP) is 5.10. The van der Waals surface area contributed by atoms with Gasteiger partial charge in [-0.25, -0.2) is 0 Å². The fourth-order valence-corrected chi connectivity index (χ4v) is 2.29. The van der Waals surface area contributed by atoms with Crippen LogP contribution in [0, 0.1) is 0 Å². The molecule has 0 spiro atoms. The van der Waals surface area contributed by atoms with Gasteiger partial charge in [-0.1, -0.05) is 62.4 Å². The maximum Gasteiger partial charge on any atom is -0.00248 e. The molecule has 0 fully saturated rings. The average Bonchev–Trinajstić information content (AvgIpc) is 2.37. The van der Waals surface area contributed by atoms with E-state index in [1.54, 1.807) is 0 Å². The first kappa shape index (κ1) is 18.7. The molecule has 1 nitrogen and oxygen atoms in total. The maximum absolute atomic E-state index is 2.28. The minimum Gasteiger partial charge on any atom is -0.309 e. The van der Waals surface area contributed by atoms with Gasteiger partial charge in [-0.3, -0.25) is 0 Å². The summed E-state index contributed by atoms with van der Waals surface area (Å²) in [6, 6.07) is 10.8. The van der Waals surface area contributed by atoms with Gasteiger partial charge in [0.15, 0.2) is 0 Å². The third kappa shape index (κ3) is 11.2. The molecule has 0 aromatic heterocycles. The highest BCUT2D eigenvalue weighted by atomic mass is 79.9. The summed E-state index contributed by atoms with van der Waals surface area (Å²) in [4.78, 5) is 2.28. The molecule has 0 aliphatic rings. The van der Waals surface area contributed by atoms with Crippen LogP contribution >= 0.6 is 17.0 Å². The van der Waals surface area contributed by atoms with E-state index in [2.05, 4.69) is 49.3 Å². The molecule has 110 valence electrons. The van der Waals surface area contributed by atoms with Crippen molar-refractivity contribution in [1.82, 2.24) is 4.90 Å². The van der Waals surface area contributed by atoms with Gasteiger partial charge in [0.05, 0.1) is 0 Å². The van der Waals surface area contributed by atoms with E-state index in [1.165, 1.54) is 63.5 Å². The van der Waals surface area contributed by atoms with Crippen molar-refractivity contribution in [2.75, 3.05) is 20.6 Å². The molecular weight excluding hydrogens is 298 g/mol. The molecule has 1 rings (SSSR count). The smallest absolute Gasteiger partial charge is 0.00248 e. The second kappa shape index (κ2) is 12.7. The van der Waals surface area contributed by atoms with Crippen molar-refractivity contribution in [1.29, 1.82) is 0 Å². The Morgan fingerprint density at radius 2 is 1.26 bits per heavy atom. The zero-order valence-corrected chi connectivity index (χ0v) is 14.3. The molecule has 0 N–H and O–H groups in total. The Balaban J connectivity index is 0.00000324. The largest absolute Gasteiger partial charge is 0.309 e. The summed E-state index contributed by atoms with van der Waals surface area (Å²) in [5, 5.41) is 0. The third-order valence-electron chi connectivity index (χ3n) is 3.41. The topological polar surface area (TPSA) is 3.24 Å². The van der Waals surface area contributed by atoms with Crippen LogP contribution in [0.15, 0.2) is 30.3 Å². The zero-order valence-electron chi connectivity index (χ0n) is 12.6. The van der Waals surface area contributed by atoms with Crippen LogP contribution in [-0.2, 0) is 6.42 Å². The molecule has 0 saturated carbocycles. The lowest BCUT2D eigenvalue weighted by Gasteiger charge is -2.08. The van der Waals surface area contributed by atoms with Crippen LogP contribution in [0.2, 0.25) is 0 Å². The molecule has 1 aromatic rings. The van der Waals surface area contributed by atoms with Gasteiger partial charge in [0.25, 0.3) is 0 Å². The highest BCUT2D eigenvalue weighted by molar-refractivity contribution is 8.93. The fraction of sp³-hybridized carbons (Fsp3) is 0.647. The Morgan fingerprint density at radius 1 is 0.737 bits per heavy atom. The Morgan fingerprint density at radius 3 is 1.84 bits per heavy atom. The summed E-state index contributed by atoms with van der Waals surface area (Å²) in [5.41, 5.74) is 1.49. The summed E-state index contributed by atoms with van der Waals surface area (Å²) in [7, 11) is 4.31. The Bertz CT molecular complexity index is 285. The minimum atomic E-state index is 0. The molecule has 0 aliphatic heterocycles. The van der Waals surface area contributed by atoms with E-state index >= 15 is 0 Å². The highest BCUT2D eigenvalue weighted by Crippen LogP contribution is 2.10. The van der Waals surface area contributed by atoms with Gasteiger partial charge in [-0.15, -0.1) is 17.0 Å². The molecule has 0 aliphatic carbocycles. The standard InChI is InChI=1S/C17H29N.BrH/c1-18(2)16-12-7-5-3-4-6-9-13-17-14-10-8-11-15-17;/h8,10-11,14-15H,3-7,9,12-13,16H2,1-2H3;1H. The van der Waals surface area contributed by atoms with Gasteiger partial charge in [-0.2, -0.15) is 0 Å². The summed E-state index contributed by atoms with van der Waals surface area (Å²) >= 11 is 0. The molecule has 19 heavy (non-hydrogen) atoms. The summed E-state index contributed by atoms with van der Waals surface area (Å²) in [6.45, 7) is 1.24. The van der Waals surface area contributed by atoms with Crippen LogP contribution in [0.5, 0.6) is 0 Å². The molecule has 0 heterocycles. The number of rotatable bonds is 10. The first-order valence-electron chi connectivity index (χ1n) is 7.47. The van der Waals surface area contributed by atoms with Crippen molar-refractivity contribution in [2.45, 2.75) is 51.4 Å². The number of aryl methyl sites for hydroxylation is 1. The normalized spacial score (nSPS) is 10.5. The van der Waals surface area contributed by atoms with Crippen molar-refractivity contribution in [3.8, 4) is 0 Å². The summed E-state index contributed by atoms with van der Waals surface area (Å²) in [5.74, 6) is 0. The molecular formula is C17H30BrN. The quantitative estimate of drug-likeness (QED) is 0.540. The lowest BCUT2D eigenvalue weighted by Crippen LogP contribution is -2.12. The van der Waals surface area contributed by atoms with Gasteiger partial charge in [0.2, 0.25) is 0 Å². The molecule has 0 amide bonds. The second-order valence-corrected chi connectivity index (χ2v) is 5.51. The average molecular weight is 328 g/mol. The van der Waals surface area contributed by atoms with Crippen LogP contribution in [0.4, 0.5) is 0 Å². The predicted molar refractivity (Wildman–Crippen MR) is 91.3 cm³/mol. The molecule has 0 unspecified atom stereocenters. The number of unbranched alkanes of at least 4 members (excludes halogenated alkanes) is 6. The van der Waals surface area contributed by atoms with Crippen LogP contribution in [0.1, 0.15) is 50.5 Å². The van der Waals surface area contributed by atoms with Crippen LogP contribution < -0.4 is 0 Å². The first-order chi connectivity index (χ1) is 8.79. The molecule has 0 atom stereocenters. The van der Waals surface area contributed by atoms with Crippen molar-refractivity contribution in [2.24, 2.45) is 0 Å². The number of benzene rings is 1. The molecule has 0 saturated heterocycles. The van der Waals surface area contributed by atoms with Gasteiger partial charge in [0.1, 0.15) is 0 Å². The van der Waals surface area contributed by atoms with E-state index in [0.717, 1.165) is 0 Å². The van der Waals surface area contributed by atoms with Crippen LogP contribution in [0.25, 0.3) is 0 Å². The van der Waals surface area contributed by atoms with E-state index in [-0.39, 0.29) is 17.0 Å². The van der Waals surface area contributed by atoms with Gasteiger partial charge >= 0.3 is 0 Å². The fourth-order valence-electron chi connectivity index (χ4n) is 2.29. The minimum absolute atomic E-state index is 0. The lowest BCUT2D eigenvalue weighted by atomic mass is 10.0. The van der Waals surface area contributed by atoms with Crippen LogP contribution in [0.3, 0.4) is 0 Å². The summed E-state index contributed by atoms with van der Waals surface area (Å²) < 4.78 is 0. The molecule has 0 radical (unpaired) electrons. The molecule has 1 aromatic carbocycles. The molecule has 0 bridgehead atoms. The van der Waals surface area contributed by atoms with Gasteiger partial charge in [0, 0.05) is 0 Å². The second-order valence-electron chi connectivity index (χ2n) is 5.51. The summed E-state index contributed by atoms with van der Waals surface area (Å²) in [6.07, 6.45) is 11.0. The van der Waals surface area contributed by atoms with Gasteiger partial charge in [-0.05, 0) is 45.5 Å². The lowest BCUT2D eigenvalue weighted by molar-refractivity contribution is 0.389. The van der Waals surface area contributed by atoms with E-state index < -0.39 is 0 Å². The third-order valence-corrected chi connectivity index (χ3v) is 3.41. The number of hydrogen-bond acceptors (Lipinski definition) is 1. The van der Waals surface area contributed by atoms with Crippen molar-refractivity contribution in [3.63, 3.8) is 0 Å². The SMILES string of the molecule is Br.CN(C)CCCCCCCCCc1ccccc1. The first-order valence-corrected chi connectivity index (χ1v) is 7.47. The number of hydrogen-bond donors (Lipinski definition) is 0. The highest BCUT2D eigenvalue weighted by Gasteiger charge is 1.94. The van der Waals surface area contributed by atoms with E-state index in [9.17, 15) is 0 Å². The van der Waals surface area contributed by atoms with Crippen LogP contribution in [-0.4, -0.2) is 25.5 Å². The van der Waals surface area contributed by atoms with Crippen molar-refractivity contribution in [3.05, 3.63) is 35.9 Å². The number of halogens is 1. The van der Waals surface area contributed by atoms with Crippen molar-refractivity contribution < 1.29 is 0 Å². The van der Waals surface area contributed by atoms with E-state index in [1.807, 2.05) is 0 Å². The van der Waals surface area contributed by atoms with Crippen molar-refractivity contribution >= 4 is 17.0 Å². The Labute approximate surface area is 130 Å². The number of nitrogens with zero attached hydrogens (tertiary/aromatic N) is 1. The van der Waals surface area contributed by atoms with E-state index in [0.29, 0.717) is 0 Å².